The average Bonchev–Trinajstić information content (AvgIpc) is 3.11. The molecule has 108 valence electrons. The molecule has 1 fully saturated rings. The van der Waals surface area contributed by atoms with Crippen molar-refractivity contribution in [3.8, 4) is 0 Å². The van der Waals surface area contributed by atoms with E-state index in [0.717, 1.165) is 44.3 Å². The van der Waals surface area contributed by atoms with Crippen molar-refractivity contribution in [2.45, 2.75) is 39.3 Å². The van der Waals surface area contributed by atoms with Gasteiger partial charge < -0.3 is 4.52 Å². The molecule has 0 saturated carbocycles. The van der Waals surface area contributed by atoms with Gasteiger partial charge in [0.05, 0.1) is 6.54 Å². The van der Waals surface area contributed by atoms with Gasteiger partial charge in [-0.05, 0) is 25.3 Å². The van der Waals surface area contributed by atoms with E-state index in [-0.39, 0.29) is 0 Å². The fourth-order valence-corrected chi connectivity index (χ4v) is 2.72. The van der Waals surface area contributed by atoms with Crippen molar-refractivity contribution in [1.29, 1.82) is 0 Å². The van der Waals surface area contributed by atoms with Crippen LogP contribution < -0.4 is 0 Å². The highest BCUT2D eigenvalue weighted by Crippen LogP contribution is 2.19. The van der Waals surface area contributed by atoms with Crippen LogP contribution in [-0.2, 0) is 19.5 Å². The first-order chi connectivity index (χ1) is 9.83. The Morgan fingerprint density at radius 2 is 2.40 bits per heavy atom. The molecule has 2 aromatic rings. The minimum atomic E-state index is 0.610. The molecule has 20 heavy (non-hydrogen) atoms. The van der Waals surface area contributed by atoms with Gasteiger partial charge in [0.15, 0.2) is 5.82 Å². The Bertz CT molecular complexity index is 523. The van der Waals surface area contributed by atoms with Crippen LogP contribution in [0.4, 0.5) is 0 Å². The number of nitrogens with zero attached hydrogens (tertiary/aromatic N) is 6. The molecule has 7 nitrogen and oxygen atoms in total. The summed E-state index contributed by atoms with van der Waals surface area (Å²) < 4.78 is 7.18. The molecule has 7 heteroatoms. The molecule has 3 heterocycles. The van der Waals surface area contributed by atoms with Crippen LogP contribution in [-0.4, -0.2) is 42.9 Å². The van der Waals surface area contributed by atoms with E-state index in [4.69, 9.17) is 4.52 Å². The Labute approximate surface area is 118 Å². The Hall–Kier alpha value is -1.76. The summed E-state index contributed by atoms with van der Waals surface area (Å²) in [5.41, 5.74) is 0. The van der Waals surface area contributed by atoms with Crippen molar-refractivity contribution in [2.24, 2.45) is 5.92 Å². The molecule has 1 aliphatic heterocycles. The van der Waals surface area contributed by atoms with Gasteiger partial charge in [-0.15, -0.1) is 0 Å². The van der Waals surface area contributed by atoms with E-state index in [0.29, 0.717) is 5.92 Å². The summed E-state index contributed by atoms with van der Waals surface area (Å²) in [5.74, 6) is 2.12. The first-order valence-corrected chi connectivity index (χ1v) is 7.19. The van der Waals surface area contributed by atoms with Gasteiger partial charge in [0.2, 0.25) is 5.89 Å². The van der Waals surface area contributed by atoms with E-state index in [1.165, 1.54) is 12.8 Å². The molecular weight excluding hydrogens is 256 g/mol. The Kier molecular flexibility index (Phi) is 4.05. The second-order valence-electron chi connectivity index (χ2n) is 5.32. The van der Waals surface area contributed by atoms with E-state index >= 15 is 0 Å². The van der Waals surface area contributed by atoms with Crippen LogP contribution in [0.1, 0.15) is 31.5 Å². The lowest BCUT2D eigenvalue weighted by Gasteiger charge is -2.31. The minimum absolute atomic E-state index is 0.610. The van der Waals surface area contributed by atoms with Crippen LogP contribution >= 0.6 is 0 Å². The summed E-state index contributed by atoms with van der Waals surface area (Å²) >= 11 is 0. The number of piperidine rings is 1. The summed E-state index contributed by atoms with van der Waals surface area (Å²) in [6, 6.07) is 0. The highest BCUT2D eigenvalue weighted by atomic mass is 16.5. The lowest BCUT2D eigenvalue weighted by Crippen LogP contribution is -2.36. The molecule has 0 aliphatic carbocycles. The molecule has 1 saturated heterocycles. The Morgan fingerprint density at radius 1 is 1.45 bits per heavy atom. The highest BCUT2D eigenvalue weighted by Gasteiger charge is 2.22. The zero-order chi connectivity index (χ0) is 13.8. The van der Waals surface area contributed by atoms with Crippen molar-refractivity contribution in [3.63, 3.8) is 0 Å². The second kappa shape index (κ2) is 6.13. The molecule has 1 aliphatic rings. The predicted octanol–water partition coefficient (Wildman–Crippen LogP) is 1.14. The third-order valence-corrected chi connectivity index (χ3v) is 3.70. The van der Waals surface area contributed by atoms with Gasteiger partial charge >= 0.3 is 0 Å². The smallest absolute Gasteiger partial charge is 0.240 e. The van der Waals surface area contributed by atoms with E-state index in [1.54, 1.807) is 12.7 Å². The lowest BCUT2D eigenvalue weighted by molar-refractivity contribution is 0.138. The SMILES string of the molecule is CCc1noc(CN2CCC[C@H](Cn3cncn3)C2)n1. The van der Waals surface area contributed by atoms with Crippen LogP contribution in [0, 0.1) is 5.92 Å². The van der Waals surface area contributed by atoms with Crippen molar-refractivity contribution in [3.05, 3.63) is 24.4 Å². The average molecular weight is 276 g/mol. The summed E-state index contributed by atoms with van der Waals surface area (Å²) in [7, 11) is 0. The summed E-state index contributed by atoms with van der Waals surface area (Å²) in [6.07, 6.45) is 6.63. The van der Waals surface area contributed by atoms with Crippen LogP contribution in [0.15, 0.2) is 17.2 Å². The number of likely N-dealkylation sites (tertiary alicyclic amines) is 1. The molecule has 0 amide bonds. The molecule has 1 atom stereocenters. The molecular formula is C13H20N6O. The normalized spacial score (nSPS) is 20.4. The first-order valence-electron chi connectivity index (χ1n) is 7.19. The fourth-order valence-electron chi connectivity index (χ4n) is 2.72. The van der Waals surface area contributed by atoms with E-state index in [1.807, 2.05) is 11.6 Å². The molecule has 0 spiro atoms. The quantitative estimate of drug-likeness (QED) is 0.815. The van der Waals surface area contributed by atoms with E-state index < -0.39 is 0 Å². The third-order valence-electron chi connectivity index (χ3n) is 3.70. The Balaban J connectivity index is 1.54. The van der Waals surface area contributed by atoms with Crippen molar-refractivity contribution >= 4 is 0 Å². The van der Waals surface area contributed by atoms with E-state index in [9.17, 15) is 0 Å². The predicted molar refractivity (Wildman–Crippen MR) is 71.7 cm³/mol. The zero-order valence-corrected chi connectivity index (χ0v) is 11.8. The standard InChI is InChI=1S/C13H20N6O/c1-2-12-16-13(20-17-12)8-18-5-3-4-11(6-18)7-19-10-14-9-15-19/h9-11H,2-8H2,1H3/t11-/m0/s1. The van der Waals surface area contributed by atoms with Gasteiger partial charge in [-0.2, -0.15) is 10.1 Å². The summed E-state index contributed by atoms with van der Waals surface area (Å²) in [6.45, 7) is 5.85. The number of aromatic nitrogens is 5. The maximum absolute atomic E-state index is 5.27. The third kappa shape index (κ3) is 3.22. The molecule has 0 unspecified atom stereocenters. The largest absolute Gasteiger partial charge is 0.338 e. The van der Waals surface area contributed by atoms with Crippen molar-refractivity contribution < 1.29 is 4.52 Å². The first kappa shape index (κ1) is 13.2. The maximum Gasteiger partial charge on any atom is 0.240 e. The summed E-state index contributed by atoms with van der Waals surface area (Å²) in [5, 5.41) is 8.12. The monoisotopic (exact) mass is 276 g/mol. The fraction of sp³-hybridized carbons (Fsp3) is 0.692. The molecule has 0 N–H and O–H groups in total. The molecule has 2 aromatic heterocycles. The van der Waals surface area contributed by atoms with Gasteiger partial charge in [-0.1, -0.05) is 12.1 Å². The van der Waals surface area contributed by atoms with Gasteiger partial charge in [-0.25, -0.2) is 4.98 Å². The molecule has 0 aromatic carbocycles. The maximum atomic E-state index is 5.27. The second-order valence-corrected chi connectivity index (χ2v) is 5.32. The molecule has 0 radical (unpaired) electrons. The van der Waals surface area contributed by atoms with Gasteiger partial charge in [0.25, 0.3) is 0 Å². The van der Waals surface area contributed by atoms with Crippen molar-refractivity contribution in [2.75, 3.05) is 13.1 Å². The number of aryl methyl sites for hydroxylation is 1. The van der Waals surface area contributed by atoms with E-state index in [2.05, 4.69) is 25.1 Å². The molecule has 0 bridgehead atoms. The van der Waals surface area contributed by atoms with Crippen LogP contribution in [0.3, 0.4) is 0 Å². The van der Waals surface area contributed by atoms with Gasteiger partial charge in [0.1, 0.15) is 12.7 Å². The Morgan fingerprint density at radius 3 is 3.15 bits per heavy atom. The van der Waals surface area contributed by atoms with Crippen LogP contribution in [0.5, 0.6) is 0 Å². The number of hydrogen-bond donors (Lipinski definition) is 0. The van der Waals surface area contributed by atoms with Crippen LogP contribution in [0.25, 0.3) is 0 Å². The lowest BCUT2D eigenvalue weighted by atomic mass is 9.98. The summed E-state index contributed by atoms with van der Waals surface area (Å²) in [4.78, 5) is 10.8. The molecule has 3 rings (SSSR count). The van der Waals surface area contributed by atoms with Crippen molar-refractivity contribution in [1.82, 2.24) is 29.8 Å². The minimum Gasteiger partial charge on any atom is -0.338 e. The topological polar surface area (TPSA) is 72.9 Å². The highest BCUT2D eigenvalue weighted by molar-refractivity contribution is 4.86. The number of hydrogen-bond acceptors (Lipinski definition) is 6. The zero-order valence-electron chi connectivity index (χ0n) is 11.8. The number of rotatable bonds is 5. The van der Waals surface area contributed by atoms with Gasteiger partial charge in [0, 0.05) is 19.5 Å². The van der Waals surface area contributed by atoms with Crippen LogP contribution in [0.2, 0.25) is 0 Å². The van der Waals surface area contributed by atoms with Gasteiger partial charge in [-0.3, -0.25) is 9.58 Å².